The Morgan fingerprint density at radius 3 is 2.36 bits per heavy atom. The van der Waals surface area contributed by atoms with Crippen LogP contribution < -0.4 is 4.90 Å². The Morgan fingerprint density at radius 1 is 0.861 bits per heavy atom. The van der Waals surface area contributed by atoms with Crippen molar-refractivity contribution in [1.29, 1.82) is 0 Å². The van der Waals surface area contributed by atoms with Crippen LogP contribution in [-0.4, -0.2) is 47.0 Å². The predicted octanol–water partition coefficient (Wildman–Crippen LogP) is 6.02. The number of anilines is 1. The van der Waals surface area contributed by atoms with Gasteiger partial charge in [0, 0.05) is 49.4 Å². The molecular formula is C31H40N4O. The quantitative estimate of drug-likeness (QED) is 0.348. The number of aromatic nitrogens is 2. The van der Waals surface area contributed by atoms with Gasteiger partial charge in [-0.1, -0.05) is 69.2 Å². The van der Waals surface area contributed by atoms with Crippen molar-refractivity contribution in [2.75, 3.05) is 31.1 Å². The molecule has 0 spiro atoms. The summed E-state index contributed by atoms with van der Waals surface area (Å²) in [6.07, 6.45) is 7.41. The summed E-state index contributed by atoms with van der Waals surface area (Å²) in [5.41, 5.74) is 5.72. The maximum Gasteiger partial charge on any atom is 0.253 e. The summed E-state index contributed by atoms with van der Waals surface area (Å²) in [7, 11) is 0. The fourth-order valence-electron chi connectivity index (χ4n) is 5.08. The molecule has 0 aliphatic carbocycles. The molecule has 190 valence electrons. The molecule has 0 N–H and O–H groups in total. The van der Waals surface area contributed by atoms with Crippen LogP contribution in [0.3, 0.4) is 0 Å². The molecule has 1 aliphatic rings. The molecule has 1 aromatic heterocycles. The third-order valence-electron chi connectivity index (χ3n) is 7.09. The molecule has 36 heavy (non-hydrogen) atoms. The fourth-order valence-corrected chi connectivity index (χ4v) is 5.08. The van der Waals surface area contributed by atoms with E-state index >= 15 is 0 Å². The monoisotopic (exact) mass is 484 g/mol. The molecule has 5 nitrogen and oxygen atoms in total. The van der Waals surface area contributed by atoms with E-state index in [1.807, 2.05) is 24.0 Å². The topological polar surface area (TPSA) is 49.3 Å². The summed E-state index contributed by atoms with van der Waals surface area (Å²) in [6, 6.07) is 18.8. The number of aryl methyl sites for hydroxylation is 3. The van der Waals surface area contributed by atoms with Gasteiger partial charge in [-0.05, 0) is 55.9 Å². The summed E-state index contributed by atoms with van der Waals surface area (Å²) in [5, 5.41) is 0. The van der Waals surface area contributed by atoms with Crippen molar-refractivity contribution in [3.05, 3.63) is 88.4 Å². The summed E-state index contributed by atoms with van der Waals surface area (Å²) >= 11 is 0. The van der Waals surface area contributed by atoms with Crippen LogP contribution in [-0.2, 0) is 19.3 Å². The molecule has 1 amide bonds. The zero-order valence-electron chi connectivity index (χ0n) is 22.2. The molecule has 2 aromatic carbocycles. The molecule has 0 unspecified atom stereocenters. The average Bonchev–Trinajstić information content (AvgIpc) is 3.16. The van der Waals surface area contributed by atoms with E-state index in [2.05, 4.69) is 61.2 Å². The van der Waals surface area contributed by atoms with Crippen molar-refractivity contribution in [3.63, 3.8) is 0 Å². The highest BCUT2D eigenvalue weighted by molar-refractivity contribution is 5.94. The zero-order valence-corrected chi connectivity index (χ0v) is 22.2. The first-order valence-electron chi connectivity index (χ1n) is 13.6. The first kappa shape index (κ1) is 25.9. The summed E-state index contributed by atoms with van der Waals surface area (Å²) in [4.78, 5) is 27.4. The first-order chi connectivity index (χ1) is 17.6. The normalized spacial score (nSPS) is 14.1. The Hall–Kier alpha value is -3.21. The third kappa shape index (κ3) is 6.51. The van der Waals surface area contributed by atoms with E-state index in [1.54, 1.807) is 0 Å². The molecule has 0 bridgehead atoms. The van der Waals surface area contributed by atoms with Gasteiger partial charge in [0.1, 0.15) is 11.6 Å². The molecule has 2 heterocycles. The summed E-state index contributed by atoms with van der Waals surface area (Å²) in [5.74, 6) is 1.98. The fraction of sp³-hybridized carbons (Fsp3) is 0.452. The number of hydrogen-bond donors (Lipinski definition) is 0. The highest BCUT2D eigenvalue weighted by Gasteiger charge is 2.24. The second-order valence-electron chi connectivity index (χ2n) is 9.82. The minimum atomic E-state index is 0.134. The van der Waals surface area contributed by atoms with E-state index in [0.29, 0.717) is 6.54 Å². The lowest BCUT2D eigenvalue weighted by molar-refractivity contribution is 0.0767. The summed E-state index contributed by atoms with van der Waals surface area (Å²) in [6.45, 7) is 9.51. The SMILES string of the molecule is CCCCCc1ccc(C(=O)N2CCCN(c3nc(C)nc(CC)c3Cc3ccccc3)CC2)cc1. The minimum Gasteiger partial charge on any atom is -0.354 e. The molecule has 0 atom stereocenters. The number of benzene rings is 2. The number of hydrogen-bond acceptors (Lipinski definition) is 4. The van der Waals surface area contributed by atoms with Gasteiger partial charge in [-0.2, -0.15) is 0 Å². The number of unbranched alkanes of at least 4 members (excludes halogenated alkanes) is 2. The van der Waals surface area contributed by atoms with Crippen LogP contribution in [0.15, 0.2) is 54.6 Å². The van der Waals surface area contributed by atoms with Gasteiger partial charge < -0.3 is 9.80 Å². The average molecular weight is 485 g/mol. The van der Waals surface area contributed by atoms with Gasteiger partial charge in [-0.25, -0.2) is 9.97 Å². The molecule has 0 radical (unpaired) electrons. The van der Waals surface area contributed by atoms with Crippen molar-refractivity contribution in [1.82, 2.24) is 14.9 Å². The van der Waals surface area contributed by atoms with E-state index < -0.39 is 0 Å². The van der Waals surface area contributed by atoms with Crippen LogP contribution in [0.1, 0.15) is 78.1 Å². The van der Waals surface area contributed by atoms with Gasteiger partial charge in [0.05, 0.1) is 0 Å². The summed E-state index contributed by atoms with van der Waals surface area (Å²) < 4.78 is 0. The van der Waals surface area contributed by atoms with Crippen LogP contribution in [0.2, 0.25) is 0 Å². The lowest BCUT2D eigenvalue weighted by Crippen LogP contribution is -2.35. The van der Waals surface area contributed by atoms with Gasteiger partial charge in [0.15, 0.2) is 0 Å². The van der Waals surface area contributed by atoms with Gasteiger partial charge in [-0.3, -0.25) is 4.79 Å². The molecule has 1 aliphatic heterocycles. The van der Waals surface area contributed by atoms with Crippen LogP contribution in [0.4, 0.5) is 5.82 Å². The van der Waals surface area contributed by atoms with E-state index in [1.165, 1.54) is 36.0 Å². The Kier molecular flexibility index (Phi) is 9.10. The van der Waals surface area contributed by atoms with Crippen molar-refractivity contribution in [2.24, 2.45) is 0 Å². The molecule has 3 aromatic rings. The van der Waals surface area contributed by atoms with Gasteiger partial charge >= 0.3 is 0 Å². The lowest BCUT2D eigenvalue weighted by atomic mass is 10.0. The van der Waals surface area contributed by atoms with E-state index in [4.69, 9.17) is 9.97 Å². The molecule has 4 rings (SSSR count). The molecular weight excluding hydrogens is 444 g/mol. The standard InChI is InChI=1S/C31H40N4O/c1-4-6-8-12-25-15-17-27(18-16-25)31(36)35-20-11-19-34(21-22-35)30-28(23-26-13-9-7-10-14-26)29(5-2)32-24(3)33-30/h7,9-10,13-18H,4-6,8,11-12,19-23H2,1-3H3. The Bertz CT molecular complexity index is 1130. The van der Waals surface area contributed by atoms with E-state index in [0.717, 1.165) is 68.2 Å². The second-order valence-corrected chi connectivity index (χ2v) is 9.82. The maximum atomic E-state index is 13.3. The van der Waals surface area contributed by atoms with E-state index in [9.17, 15) is 4.79 Å². The zero-order chi connectivity index (χ0) is 25.3. The van der Waals surface area contributed by atoms with Crippen molar-refractivity contribution >= 4 is 11.7 Å². The Labute approximate surface area is 216 Å². The second kappa shape index (κ2) is 12.7. The van der Waals surface area contributed by atoms with Crippen LogP contribution in [0.25, 0.3) is 0 Å². The molecule has 5 heteroatoms. The number of carbonyl (C=O) groups excluding carboxylic acids is 1. The number of carbonyl (C=O) groups is 1. The smallest absolute Gasteiger partial charge is 0.253 e. The third-order valence-corrected chi connectivity index (χ3v) is 7.09. The molecule has 0 saturated carbocycles. The van der Waals surface area contributed by atoms with Crippen LogP contribution >= 0.6 is 0 Å². The number of nitrogens with zero attached hydrogens (tertiary/aromatic N) is 4. The van der Waals surface area contributed by atoms with Crippen molar-refractivity contribution in [3.8, 4) is 0 Å². The largest absolute Gasteiger partial charge is 0.354 e. The Morgan fingerprint density at radius 2 is 1.64 bits per heavy atom. The van der Waals surface area contributed by atoms with Gasteiger partial charge in [0.2, 0.25) is 0 Å². The Balaban J connectivity index is 1.48. The maximum absolute atomic E-state index is 13.3. The molecule has 1 fully saturated rings. The highest BCUT2D eigenvalue weighted by Crippen LogP contribution is 2.26. The van der Waals surface area contributed by atoms with Crippen molar-refractivity contribution < 1.29 is 4.79 Å². The molecule has 1 saturated heterocycles. The van der Waals surface area contributed by atoms with Crippen molar-refractivity contribution in [2.45, 2.75) is 65.7 Å². The number of rotatable bonds is 9. The minimum absolute atomic E-state index is 0.134. The van der Waals surface area contributed by atoms with E-state index in [-0.39, 0.29) is 5.91 Å². The van der Waals surface area contributed by atoms with Gasteiger partial charge in [0.25, 0.3) is 5.91 Å². The van der Waals surface area contributed by atoms with Crippen LogP contribution in [0, 0.1) is 6.92 Å². The predicted molar refractivity (Wildman–Crippen MR) is 148 cm³/mol. The number of amides is 1. The highest BCUT2D eigenvalue weighted by atomic mass is 16.2. The lowest BCUT2D eigenvalue weighted by Gasteiger charge is -2.26. The van der Waals surface area contributed by atoms with Crippen LogP contribution in [0.5, 0.6) is 0 Å². The van der Waals surface area contributed by atoms with Gasteiger partial charge in [-0.15, -0.1) is 0 Å². The first-order valence-corrected chi connectivity index (χ1v) is 13.6.